The maximum atomic E-state index is 9.38. The molecule has 0 aliphatic carbocycles. The monoisotopic (exact) mass is 431 g/mol. The largest absolute Gasteiger partial charge is 0.369 e. The van der Waals surface area contributed by atoms with Gasteiger partial charge < -0.3 is 15.1 Å². The van der Waals surface area contributed by atoms with E-state index in [-0.39, 0.29) is 0 Å². The van der Waals surface area contributed by atoms with Crippen molar-refractivity contribution in [1.29, 1.82) is 5.26 Å². The zero-order chi connectivity index (χ0) is 20.8. The van der Waals surface area contributed by atoms with Crippen LogP contribution in [-0.4, -0.2) is 58.4 Å². The summed E-state index contributed by atoms with van der Waals surface area (Å²) in [5, 5.41) is 17.1. The SMILES string of the molecule is CN(C)Cc1cc(Nc2cccc(N(CCCl)CCCl)c2)n2ncc(C#N)c2n1. The molecule has 2 aromatic heterocycles. The summed E-state index contributed by atoms with van der Waals surface area (Å²) in [6.07, 6.45) is 1.53. The summed E-state index contributed by atoms with van der Waals surface area (Å²) in [4.78, 5) is 8.78. The molecular formula is C20H23Cl2N7. The van der Waals surface area contributed by atoms with Crippen molar-refractivity contribution in [2.75, 3.05) is 49.2 Å². The molecule has 3 rings (SSSR count). The zero-order valence-corrected chi connectivity index (χ0v) is 18.0. The Kier molecular flexibility index (Phi) is 7.15. The van der Waals surface area contributed by atoms with E-state index >= 15 is 0 Å². The molecule has 1 N–H and O–H groups in total. The summed E-state index contributed by atoms with van der Waals surface area (Å²) in [5.74, 6) is 1.79. The van der Waals surface area contributed by atoms with Crippen LogP contribution in [0.25, 0.3) is 5.65 Å². The number of nitrogens with zero attached hydrogens (tertiary/aromatic N) is 6. The minimum absolute atomic E-state index is 0.442. The van der Waals surface area contributed by atoms with Crippen LogP contribution in [0.5, 0.6) is 0 Å². The number of hydrogen-bond donors (Lipinski definition) is 1. The Hall–Kier alpha value is -2.53. The third-order valence-corrected chi connectivity index (χ3v) is 4.65. The van der Waals surface area contributed by atoms with Crippen LogP contribution in [0, 0.1) is 11.3 Å². The molecular weight excluding hydrogens is 409 g/mol. The van der Waals surface area contributed by atoms with Gasteiger partial charge in [0, 0.05) is 48.8 Å². The molecule has 9 heteroatoms. The van der Waals surface area contributed by atoms with E-state index in [2.05, 4.69) is 26.4 Å². The number of fused-ring (bicyclic) bond motifs is 1. The van der Waals surface area contributed by atoms with Gasteiger partial charge in [-0.2, -0.15) is 14.9 Å². The minimum Gasteiger partial charge on any atom is -0.369 e. The fourth-order valence-corrected chi connectivity index (χ4v) is 3.50. The Balaban J connectivity index is 1.98. The van der Waals surface area contributed by atoms with Gasteiger partial charge in [-0.25, -0.2) is 4.98 Å². The van der Waals surface area contributed by atoms with Gasteiger partial charge in [0.25, 0.3) is 0 Å². The first-order chi connectivity index (χ1) is 14.0. The number of nitrogens with one attached hydrogen (secondary N) is 1. The number of hydrogen-bond acceptors (Lipinski definition) is 6. The van der Waals surface area contributed by atoms with Crippen molar-refractivity contribution in [1.82, 2.24) is 19.5 Å². The molecule has 0 radical (unpaired) electrons. The lowest BCUT2D eigenvalue weighted by molar-refractivity contribution is 0.397. The van der Waals surface area contributed by atoms with Crippen molar-refractivity contribution in [3.05, 3.63) is 47.8 Å². The predicted molar refractivity (Wildman–Crippen MR) is 118 cm³/mol. The molecule has 0 unspecified atom stereocenters. The minimum atomic E-state index is 0.442. The molecule has 0 aliphatic rings. The van der Waals surface area contributed by atoms with Crippen molar-refractivity contribution in [2.24, 2.45) is 0 Å². The fraction of sp³-hybridized carbons (Fsp3) is 0.350. The average Bonchev–Trinajstić information content (AvgIpc) is 3.11. The number of rotatable bonds is 9. The first-order valence-corrected chi connectivity index (χ1v) is 10.3. The van der Waals surface area contributed by atoms with Gasteiger partial charge in [0.05, 0.1) is 11.9 Å². The van der Waals surface area contributed by atoms with Gasteiger partial charge in [-0.15, -0.1) is 23.2 Å². The molecule has 0 spiro atoms. The van der Waals surface area contributed by atoms with Crippen LogP contribution in [0.15, 0.2) is 36.5 Å². The van der Waals surface area contributed by atoms with Gasteiger partial charge in [-0.3, -0.25) is 0 Å². The maximum Gasteiger partial charge on any atom is 0.175 e. The van der Waals surface area contributed by atoms with Crippen LogP contribution in [0.3, 0.4) is 0 Å². The Bertz CT molecular complexity index is 1000. The molecule has 0 fully saturated rings. The molecule has 0 amide bonds. The van der Waals surface area contributed by atoms with Gasteiger partial charge in [-0.05, 0) is 32.3 Å². The van der Waals surface area contributed by atoms with Crippen LogP contribution in [-0.2, 0) is 6.54 Å². The van der Waals surface area contributed by atoms with Gasteiger partial charge in [0.2, 0.25) is 0 Å². The highest BCUT2D eigenvalue weighted by Gasteiger charge is 2.13. The predicted octanol–water partition coefficient (Wildman–Crippen LogP) is 3.69. The van der Waals surface area contributed by atoms with E-state index in [1.165, 1.54) is 6.20 Å². The van der Waals surface area contributed by atoms with Crippen LogP contribution in [0.2, 0.25) is 0 Å². The van der Waals surface area contributed by atoms with Crippen LogP contribution in [0.4, 0.5) is 17.2 Å². The smallest absolute Gasteiger partial charge is 0.175 e. The number of alkyl halides is 2. The van der Waals surface area contributed by atoms with E-state index < -0.39 is 0 Å². The van der Waals surface area contributed by atoms with Gasteiger partial charge in [-0.1, -0.05) is 6.07 Å². The van der Waals surface area contributed by atoms with Crippen molar-refractivity contribution in [3.8, 4) is 6.07 Å². The normalized spacial score (nSPS) is 11.0. The lowest BCUT2D eigenvalue weighted by Gasteiger charge is -2.23. The molecule has 0 aliphatic heterocycles. The lowest BCUT2D eigenvalue weighted by atomic mass is 10.2. The second-order valence-corrected chi connectivity index (χ2v) is 7.57. The molecule has 0 bridgehead atoms. The summed E-state index contributed by atoms with van der Waals surface area (Å²) in [6, 6.07) is 12.1. The van der Waals surface area contributed by atoms with Crippen molar-refractivity contribution in [2.45, 2.75) is 6.54 Å². The first-order valence-electron chi connectivity index (χ1n) is 9.22. The molecule has 3 aromatic rings. The number of benzene rings is 1. The number of aromatic nitrogens is 3. The second-order valence-electron chi connectivity index (χ2n) is 6.82. The summed E-state index contributed by atoms with van der Waals surface area (Å²) >= 11 is 11.9. The van der Waals surface area contributed by atoms with Crippen molar-refractivity contribution >= 4 is 46.0 Å². The summed E-state index contributed by atoms with van der Waals surface area (Å²) < 4.78 is 1.65. The molecule has 0 atom stereocenters. The molecule has 1 aromatic carbocycles. The Labute approximate surface area is 180 Å². The standard InChI is InChI=1S/C20H23Cl2N7/c1-27(2)14-17-11-19(29-20(26-17)15(12-23)13-24-29)25-16-4-3-5-18(10-16)28(8-6-21)9-7-22/h3-5,10-11,13,25H,6-9,14H2,1-2H3. The fourth-order valence-electron chi connectivity index (χ4n) is 3.09. The van der Waals surface area contributed by atoms with E-state index in [4.69, 9.17) is 23.2 Å². The summed E-state index contributed by atoms with van der Waals surface area (Å²) in [7, 11) is 3.96. The zero-order valence-electron chi connectivity index (χ0n) is 16.4. The quantitative estimate of drug-likeness (QED) is 0.520. The number of anilines is 3. The Morgan fingerprint density at radius 2 is 1.93 bits per heavy atom. The summed E-state index contributed by atoms with van der Waals surface area (Å²) in [5.41, 5.74) is 3.76. The van der Waals surface area contributed by atoms with Gasteiger partial charge in [0.15, 0.2) is 5.65 Å². The van der Waals surface area contributed by atoms with Crippen LogP contribution < -0.4 is 10.2 Å². The van der Waals surface area contributed by atoms with E-state index in [1.807, 2.05) is 49.3 Å². The number of nitriles is 1. The van der Waals surface area contributed by atoms with E-state index in [9.17, 15) is 5.26 Å². The van der Waals surface area contributed by atoms with Crippen molar-refractivity contribution in [3.63, 3.8) is 0 Å². The molecule has 29 heavy (non-hydrogen) atoms. The highest BCUT2D eigenvalue weighted by Crippen LogP contribution is 2.24. The topological polar surface area (TPSA) is 72.5 Å². The molecule has 2 heterocycles. The highest BCUT2D eigenvalue weighted by molar-refractivity contribution is 6.18. The third-order valence-electron chi connectivity index (χ3n) is 4.32. The molecule has 7 nitrogen and oxygen atoms in total. The van der Waals surface area contributed by atoms with E-state index in [0.717, 1.165) is 36.0 Å². The van der Waals surface area contributed by atoms with Gasteiger partial charge >= 0.3 is 0 Å². The van der Waals surface area contributed by atoms with Gasteiger partial charge in [0.1, 0.15) is 17.5 Å². The van der Waals surface area contributed by atoms with E-state index in [1.54, 1.807) is 4.52 Å². The molecule has 0 saturated heterocycles. The average molecular weight is 432 g/mol. The Morgan fingerprint density at radius 1 is 1.17 bits per heavy atom. The molecule has 152 valence electrons. The first kappa shape index (κ1) is 21.2. The molecule has 0 saturated carbocycles. The second kappa shape index (κ2) is 9.79. The lowest BCUT2D eigenvalue weighted by Crippen LogP contribution is -2.27. The maximum absolute atomic E-state index is 9.38. The summed E-state index contributed by atoms with van der Waals surface area (Å²) in [6.45, 7) is 2.09. The number of halogens is 2. The van der Waals surface area contributed by atoms with Crippen molar-refractivity contribution < 1.29 is 0 Å². The highest BCUT2D eigenvalue weighted by atomic mass is 35.5. The Morgan fingerprint density at radius 3 is 2.59 bits per heavy atom. The third kappa shape index (κ3) is 5.10. The van der Waals surface area contributed by atoms with E-state index in [0.29, 0.717) is 29.5 Å². The van der Waals surface area contributed by atoms with Crippen LogP contribution >= 0.6 is 23.2 Å². The van der Waals surface area contributed by atoms with Crippen LogP contribution in [0.1, 0.15) is 11.3 Å².